The second-order valence-electron chi connectivity index (χ2n) is 6.73. The number of hydrogen-bond acceptors (Lipinski definition) is 4. The Morgan fingerprint density at radius 2 is 2.00 bits per heavy atom. The summed E-state index contributed by atoms with van der Waals surface area (Å²) < 4.78 is 13.6. The number of carbonyl (C=O) groups excluding carboxylic acids is 2. The smallest absolute Gasteiger partial charge is 0.251 e. The highest BCUT2D eigenvalue weighted by Crippen LogP contribution is 2.23. The van der Waals surface area contributed by atoms with E-state index in [0.29, 0.717) is 30.9 Å². The molecule has 1 aliphatic rings. The number of rotatable bonds is 6. The number of piperazine rings is 1. The van der Waals surface area contributed by atoms with Crippen LogP contribution in [0.1, 0.15) is 28.9 Å². The molecule has 2 amide bonds. The summed E-state index contributed by atoms with van der Waals surface area (Å²) in [5, 5.41) is 8.89. The zero-order chi connectivity index (χ0) is 19.9. The van der Waals surface area contributed by atoms with Gasteiger partial charge in [0.15, 0.2) is 0 Å². The van der Waals surface area contributed by atoms with Crippen LogP contribution >= 0.6 is 12.4 Å². The lowest BCUT2D eigenvalue weighted by atomic mass is 10.0. The van der Waals surface area contributed by atoms with Crippen LogP contribution in [0.2, 0.25) is 0 Å². The highest BCUT2D eigenvalue weighted by molar-refractivity contribution is 5.97. The molecule has 0 radical (unpaired) electrons. The van der Waals surface area contributed by atoms with Crippen molar-refractivity contribution in [2.45, 2.75) is 13.0 Å². The van der Waals surface area contributed by atoms with Gasteiger partial charge in [-0.1, -0.05) is 18.2 Å². The van der Waals surface area contributed by atoms with Gasteiger partial charge in [0.25, 0.3) is 5.91 Å². The van der Waals surface area contributed by atoms with E-state index >= 15 is 0 Å². The van der Waals surface area contributed by atoms with Gasteiger partial charge in [-0.2, -0.15) is 0 Å². The molecule has 29 heavy (non-hydrogen) atoms. The molecule has 1 atom stereocenters. The number of anilines is 1. The predicted molar refractivity (Wildman–Crippen MR) is 114 cm³/mol. The second-order valence-corrected chi connectivity index (χ2v) is 6.73. The maximum atomic E-state index is 13.6. The highest BCUT2D eigenvalue weighted by Gasteiger charge is 2.25. The number of nitrogens with one attached hydrogen (secondary N) is 3. The molecular formula is C21H26ClFN4O2. The molecule has 1 unspecified atom stereocenters. The summed E-state index contributed by atoms with van der Waals surface area (Å²) >= 11 is 0. The average molecular weight is 421 g/mol. The third-order valence-corrected chi connectivity index (χ3v) is 4.68. The normalized spacial score (nSPS) is 16.6. The standard InChI is InChI=1S/C21H25FN4O2.ClH/c1-2-24-21(28)16-6-4-8-18(12-16)25-20(27)14-26-10-9-23-13-19(26)15-5-3-7-17(22)11-15;/h3-8,11-12,19,23H,2,9-10,13-14H2,1H3,(H,24,28)(H,25,27);1H. The van der Waals surface area contributed by atoms with Crippen molar-refractivity contribution >= 4 is 29.9 Å². The first kappa shape index (κ1) is 22.8. The van der Waals surface area contributed by atoms with Crippen LogP contribution in [0.25, 0.3) is 0 Å². The van der Waals surface area contributed by atoms with Gasteiger partial charge in [-0.15, -0.1) is 12.4 Å². The Hall–Kier alpha value is -2.48. The quantitative estimate of drug-likeness (QED) is 0.671. The number of halogens is 2. The molecule has 156 valence electrons. The summed E-state index contributed by atoms with van der Waals surface area (Å²) in [5.41, 5.74) is 1.92. The fourth-order valence-corrected chi connectivity index (χ4v) is 3.36. The molecule has 0 aliphatic carbocycles. The fourth-order valence-electron chi connectivity index (χ4n) is 3.36. The van der Waals surface area contributed by atoms with Crippen molar-refractivity contribution in [3.63, 3.8) is 0 Å². The lowest BCUT2D eigenvalue weighted by Crippen LogP contribution is -2.48. The molecule has 8 heteroatoms. The molecule has 1 saturated heterocycles. The van der Waals surface area contributed by atoms with Gasteiger partial charge in [0, 0.05) is 43.5 Å². The molecule has 0 aromatic heterocycles. The maximum Gasteiger partial charge on any atom is 0.251 e. The third kappa shape index (κ3) is 6.25. The summed E-state index contributed by atoms with van der Waals surface area (Å²) in [5.74, 6) is -0.627. The van der Waals surface area contributed by atoms with E-state index in [9.17, 15) is 14.0 Å². The summed E-state index contributed by atoms with van der Waals surface area (Å²) in [6.07, 6.45) is 0. The number of nitrogens with zero attached hydrogens (tertiary/aromatic N) is 1. The minimum absolute atomic E-state index is 0. The van der Waals surface area contributed by atoms with Crippen LogP contribution in [0.4, 0.5) is 10.1 Å². The van der Waals surface area contributed by atoms with Gasteiger partial charge in [0.05, 0.1) is 6.54 Å². The number of amides is 2. The van der Waals surface area contributed by atoms with Crippen molar-refractivity contribution in [3.05, 3.63) is 65.5 Å². The zero-order valence-electron chi connectivity index (χ0n) is 16.3. The van der Waals surface area contributed by atoms with Crippen LogP contribution in [0, 0.1) is 5.82 Å². The van der Waals surface area contributed by atoms with Gasteiger partial charge in [-0.25, -0.2) is 4.39 Å². The Morgan fingerprint density at radius 3 is 2.76 bits per heavy atom. The Labute approximate surface area is 176 Å². The number of carbonyl (C=O) groups is 2. The van der Waals surface area contributed by atoms with Crippen molar-refractivity contribution < 1.29 is 14.0 Å². The summed E-state index contributed by atoms with van der Waals surface area (Å²) in [6.45, 7) is 4.70. The van der Waals surface area contributed by atoms with Gasteiger partial charge >= 0.3 is 0 Å². The topological polar surface area (TPSA) is 73.5 Å². The molecule has 0 saturated carbocycles. The molecule has 2 aromatic carbocycles. The lowest BCUT2D eigenvalue weighted by molar-refractivity contribution is -0.118. The molecule has 6 nitrogen and oxygen atoms in total. The molecule has 1 fully saturated rings. The number of hydrogen-bond donors (Lipinski definition) is 3. The molecular weight excluding hydrogens is 395 g/mol. The van der Waals surface area contributed by atoms with E-state index in [1.165, 1.54) is 12.1 Å². The Bertz CT molecular complexity index is 849. The monoisotopic (exact) mass is 420 g/mol. The van der Waals surface area contributed by atoms with Crippen LogP contribution in [0.15, 0.2) is 48.5 Å². The Balaban J connectivity index is 0.00000300. The van der Waals surface area contributed by atoms with Gasteiger partial charge in [-0.3, -0.25) is 14.5 Å². The van der Waals surface area contributed by atoms with Crippen LogP contribution in [-0.4, -0.2) is 49.4 Å². The molecule has 1 aliphatic heterocycles. The zero-order valence-corrected chi connectivity index (χ0v) is 17.1. The molecule has 1 heterocycles. The van der Waals surface area contributed by atoms with Crippen LogP contribution < -0.4 is 16.0 Å². The minimum atomic E-state index is -0.283. The van der Waals surface area contributed by atoms with Crippen molar-refractivity contribution in [1.82, 2.24) is 15.5 Å². The van der Waals surface area contributed by atoms with E-state index in [2.05, 4.69) is 16.0 Å². The largest absolute Gasteiger partial charge is 0.352 e. The van der Waals surface area contributed by atoms with E-state index < -0.39 is 0 Å². The molecule has 2 aromatic rings. The fraction of sp³-hybridized carbons (Fsp3) is 0.333. The van der Waals surface area contributed by atoms with E-state index in [0.717, 1.165) is 12.1 Å². The van der Waals surface area contributed by atoms with Gasteiger partial charge in [-0.05, 0) is 42.8 Å². The van der Waals surface area contributed by atoms with Gasteiger partial charge in [0.1, 0.15) is 5.82 Å². The first-order valence-electron chi connectivity index (χ1n) is 9.45. The van der Waals surface area contributed by atoms with E-state index in [1.54, 1.807) is 30.3 Å². The van der Waals surface area contributed by atoms with Gasteiger partial charge < -0.3 is 16.0 Å². The Morgan fingerprint density at radius 1 is 1.21 bits per heavy atom. The van der Waals surface area contributed by atoms with E-state index in [4.69, 9.17) is 0 Å². The molecule has 3 rings (SSSR count). The third-order valence-electron chi connectivity index (χ3n) is 4.68. The first-order valence-corrected chi connectivity index (χ1v) is 9.45. The van der Waals surface area contributed by atoms with Gasteiger partial charge in [0.2, 0.25) is 5.91 Å². The summed E-state index contributed by atoms with van der Waals surface area (Å²) in [7, 11) is 0. The minimum Gasteiger partial charge on any atom is -0.352 e. The first-order chi connectivity index (χ1) is 13.6. The second kappa shape index (κ2) is 10.9. The maximum absolute atomic E-state index is 13.6. The van der Waals surface area contributed by atoms with Crippen molar-refractivity contribution in [2.75, 3.05) is 38.0 Å². The lowest BCUT2D eigenvalue weighted by Gasteiger charge is -2.36. The SMILES string of the molecule is CCNC(=O)c1cccc(NC(=O)CN2CCNCC2c2cccc(F)c2)c1.Cl. The molecule has 3 N–H and O–H groups in total. The van der Waals surface area contributed by atoms with Crippen molar-refractivity contribution in [1.29, 1.82) is 0 Å². The average Bonchev–Trinajstić information content (AvgIpc) is 2.69. The van der Waals surface area contributed by atoms with Crippen molar-refractivity contribution in [2.24, 2.45) is 0 Å². The van der Waals surface area contributed by atoms with Crippen LogP contribution in [0.5, 0.6) is 0 Å². The van der Waals surface area contributed by atoms with E-state index in [-0.39, 0.29) is 42.6 Å². The van der Waals surface area contributed by atoms with Crippen LogP contribution in [-0.2, 0) is 4.79 Å². The highest BCUT2D eigenvalue weighted by atomic mass is 35.5. The van der Waals surface area contributed by atoms with E-state index in [1.807, 2.05) is 17.9 Å². The molecule has 0 bridgehead atoms. The van der Waals surface area contributed by atoms with Crippen LogP contribution in [0.3, 0.4) is 0 Å². The summed E-state index contributed by atoms with van der Waals surface area (Å²) in [4.78, 5) is 26.6. The predicted octanol–water partition coefficient (Wildman–Crippen LogP) is 2.58. The van der Waals surface area contributed by atoms with Crippen molar-refractivity contribution in [3.8, 4) is 0 Å². The summed E-state index contributed by atoms with van der Waals surface area (Å²) in [6, 6.07) is 13.3. The Kier molecular flexibility index (Phi) is 8.57. The number of benzene rings is 2. The molecule has 0 spiro atoms.